The molecule has 1 aliphatic carbocycles. The number of halogens is 1. The Morgan fingerprint density at radius 2 is 2.21 bits per heavy atom. The van der Waals surface area contributed by atoms with Gasteiger partial charge in [0.2, 0.25) is 0 Å². The monoisotopic (exact) mass is 272 g/mol. The van der Waals surface area contributed by atoms with Gasteiger partial charge < -0.3 is 9.32 Å². The van der Waals surface area contributed by atoms with Crippen molar-refractivity contribution in [1.29, 1.82) is 5.26 Å². The Kier molecular flexibility index (Phi) is 3.18. The highest BCUT2D eigenvalue weighted by Gasteiger charge is 2.30. The van der Waals surface area contributed by atoms with E-state index in [1.54, 1.807) is 12.3 Å². The van der Waals surface area contributed by atoms with E-state index in [0.29, 0.717) is 16.6 Å². The zero-order valence-electron chi connectivity index (χ0n) is 10.3. The molecule has 0 bridgehead atoms. The van der Waals surface area contributed by atoms with Gasteiger partial charge in [0, 0.05) is 11.7 Å². The summed E-state index contributed by atoms with van der Waals surface area (Å²) in [4.78, 5) is 2.28. The van der Waals surface area contributed by atoms with Gasteiger partial charge in [-0.1, -0.05) is 11.6 Å². The van der Waals surface area contributed by atoms with E-state index in [1.807, 2.05) is 24.3 Å². The normalized spacial score (nSPS) is 14.1. The molecule has 96 valence electrons. The molecule has 0 spiro atoms. The Labute approximate surface area is 117 Å². The minimum atomic E-state index is 0.505. The van der Waals surface area contributed by atoms with Gasteiger partial charge in [0.15, 0.2) is 0 Å². The van der Waals surface area contributed by atoms with Gasteiger partial charge in [-0.3, -0.25) is 0 Å². The molecule has 2 aromatic rings. The topological polar surface area (TPSA) is 40.2 Å². The molecular weight excluding hydrogens is 260 g/mol. The lowest BCUT2D eigenvalue weighted by molar-refractivity contribution is 0.501. The summed E-state index contributed by atoms with van der Waals surface area (Å²) in [5.41, 5.74) is 1.56. The first-order chi connectivity index (χ1) is 9.28. The molecule has 1 aromatic heterocycles. The first kappa shape index (κ1) is 12.1. The molecular formula is C15H13ClN2O. The van der Waals surface area contributed by atoms with Gasteiger partial charge in [0.1, 0.15) is 11.8 Å². The molecule has 1 fully saturated rings. The first-order valence-corrected chi connectivity index (χ1v) is 6.64. The molecule has 19 heavy (non-hydrogen) atoms. The summed E-state index contributed by atoms with van der Waals surface area (Å²) in [6.07, 6.45) is 4.07. The predicted octanol–water partition coefficient (Wildman–Crippen LogP) is 3.97. The number of furan rings is 1. The fourth-order valence-electron chi connectivity index (χ4n) is 2.16. The van der Waals surface area contributed by atoms with Crippen molar-refractivity contribution in [3.63, 3.8) is 0 Å². The van der Waals surface area contributed by atoms with E-state index in [1.165, 1.54) is 12.8 Å². The van der Waals surface area contributed by atoms with Crippen LogP contribution in [0.4, 0.5) is 5.69 Å². The van der Waals surface area contributed by atoms with E-state index in [4.69, 9.17) is 21.3 Å². The van der Waals surface area contributed by atoms with E-state index in [2.05, 4.69) is 11.0 Å². The smallest absolute Gasteiger partial charge is 0.123 e. The zero-order valence-corrected chi connectivity index (χ0v) is 11.1. The average Bonchev–Trinajstić information content (AvgIpc) is 3.13. The molecule has 1 heterocycles. The molecule has 0 N–H and O–H groups in total. The molecule has 0 saturated heterocycles. The van der Waals surface area contributed by atoms with Crippen LogP contribution in [-0.4, -0.2) is 6.04 Å². The van der Waals surface area contributed by atoms with Crippen molar-refractivity contribution in [3.05, 3.63) is 52.9 Å². The third-order valence-corrected chi connectivity index (χ3v) is 3.61. The van der Waals surface area contributed by atoms with Crippen molar-refractivity contribution >= 4 is 17.3 Å². The van der Waals surface area contributed by atoms with E-state index < -0.39 is 0 Å². The van der Waals surface area contributed by atoms with Crippen LogP contribution in [0.3, 0.4) is 0 Å². The number of nitriles is 1. The molecule has 3 nitrogen and oxygen atoms in total. The molecule has 1 saturated carbocycles. The quantitative estimate of drug-likeness (QED) is 0.845. The molecule has 3 rings (SSSR count). The lowest BCUT2D eigenvalue weighted by Gasteiger charge is -2.24. The summed E-state index contributed by atoms with van der Waals surface area (Å²) in [6.45, 7) is 0.736. The summed E-state index contributed by atoms with van der Waals surface area (Å²) >= 11 is 6.11. The van der Waals surface area contributed by atoms with Gasteiger partial charge in [-0.15, -0.1) is 0 Å². The molecule has 0 aliphatic heterocycles. The summed E-state index contributed by atoms with van der Waals surface area (Å²) in [6, 6.07) is 12.1. The van der Waals surface area contributed by atoms with Gasteiger partial charge in [0.05, 0.1) is 23.4 Å². The number of nitrogens with zero attached hydrogens (tertiary/aromatic N) is 2. The molecule has 1 aliphatic rings. The fraction of sp³-hybridized carbons (Fsp3) is 0.267. The van der Waals surface area contributed by atoms with E-state index >= 15 is 0 Å². The standard InChI is InChI=1S/C15H13ClN2O/c16-15-8-13(4-3-11(15)9-17)18(12-5-6-12)10-14-2-1-7-19-14/h1-4,7-8,12H,5-6,10H2. The van der Waals surface area contributed by atoms with Crippen LogP contribution in [0.25, 0.3) is 0 Å². The Morgan fingerprint density at radius 3 is 2.79 bits per heavy atom. The SMILES string of the molecule is N#Cc1ccc(N(Cc2ccco2)C2CC2)cc1Cl. The second-order valence-corrected chi connectivity index (χ2v) is 5.12. The van der Waals surface area contributed by atoms with Crippen LogP contribution in [0.1, 0.15) is 24.2 Å². The summed E-state index contributed by atoms with van der Waals surface area (Å²) in [5.74, 6) is 0.937. The van der Waals surface area contributed by atoms with Crippen LogP contribution >= 0.6 is 11.6 Å². The molecule has 4 heteroatoms. The Balaban J connectivity index is 1.88. The van der Waals surface area contributed by atoms with Crippen LogP contribution < -0.4 is 4.90 Å². The molecule has 0 unspecified atom stereocenters. The minimum Gasteiger partial charge on any atom is -0.467 e. The third kappa shape index (κ3) is 2.59. The largest absolute Gasteiger partial charge is 0.467 e. The molecule has 0 atom stereocenters. The van der Waals surface area contributed by atoms with Gasteiger partial charge in [-0.05, 0) is 43.2 Å². The zero-order chi connectivity index (χ0) is 13.2. The third-order valence-electron chi connectivity index (χ3n) is 3.30. The van der Waals surface area contributed by atoms with Crippen LogP contribution in [0, 0.1) is 11.3 Å². The second kappa shape index (κ2) is 4.99. The molecule has 0 amide bonds. The van der Waals surface area contributed by atoms with Gasteiger partial charge in [0.25, 0.3) is 0 Å². The maximum absolute atomic E-state index is 8.91. The predicted molar refractivity (Wildman–Crippen MR) is 74.1 cm³/mol. The lowest BCUT2D eigenvalue weighted by atomic mass is 10.2. The van der Waals surface area contributed by atoms with Crippen LogP contribution in [-0.2, 0) is 6.54 Å². The maximum atomic E-state index is 8.91. The summed E-state index contributed by atoms with van der Waals surface area (Å²) < 4.78 is 5.41. The number of rotatable bonds is 4. The highest BCUT2D eigenvalue weighted by atomic mass is 35.5. The Hall–Kier alpha value is -1.92. The van der Waals surface area contributed by atoms with Crippen molar-refractivity contribution in [2.75, 3.05) is 4.90 Å². The van der Waals surface area contributed by atoms with Crippen LogP contribution in [0.15, 0.2) is 41.0 Å². The number of hydrogen-bond acceptors (Lipinski definition) is 3. The highest BCUT2D eigenvalue weighted by molar-refractivity contribution is 6.32. The Morgan fingerprint density at radius 1 is 1.37 bits per heavy atom. The van der Waals surface area contributed by atoms with Gasteiger partial charge in [-0.25, -0.2) is 0 Å². The van der Waals surface area contributed by atoms with Crippen molar-refractivity contribution in [3.8, 4) is 6.07 Å². The first-order valence-electron chi connectivity index (χ1n) is 6.26. The van der Waals surface area contributed by atoms with Crippen molar-refractivity contribution in [1.82, 2.24) is 0 Å². The molecule has 1 aromatic carbocycles. The van der Waals surface area contributed by atoms with E-state index in [-0.39, 0.29) is 0 Å². The van der Waals surface area contributed by atoms with E-state index in [0.717, 1.165) is 18.0 Å². The average molecular weight is 273 g/mol. The minimum absolute atomic E-state index is 0.505. The van der Waals surface area contributed by atoms with Crippen LogP contribution in [0.2, 0.25) is 5.02 Å². The number of hydrogen-bond donors (Lipinski definition) is 0. The van der Waals surface area contributed by atoms with Crippen molar-refractivity contribution in [2.24, 2.45) is 0 Å². The summed E-state index contributed by atoms with van der Waals surface area (Å²) in [7, 11) is 0. The van der Waals surface area contributed by atoms with Crippen molar-refractivity contribution < 1.29 is 4.42 Å². The number of benzene rings is 1. The van der Waals surface area contributed by atoms with Crippen molar-refractivity contribution in [2.45, 2.75) is 25.4 Å². The van der Waals surface area contributed by atoms with Gasteiger partial charge in [-0.2, -0.15) is 5.26 Å². The highest BCUT2D eigenvalue weighted by Crippen LogP contribution is 2.34. The van der Waals surface area contributed by atoms with E-state index in [9.17, 15) is 0 Å². The molecule has 0 radical (unpaired) electrons. The van der Waals surface area contributed by atoms with Gasteiger partial charge >= 0.3 is 0 Å². The fourth-order valence-corrected chi connectivity index (χ4v) is 2.38. The number of anilines is 1. The maximum Gasteiger partial charge on any atom is 0.123 e. The second-order valence-electron chi connectivity index (χ2n) is 4.71. The summed E-state index contributed by atoms with van der Waals surface area (Å²) in [5, 5.41) is 9.42. The lowest BCUT2D eigenvalue weighted by Crippen LogP contribution is -2.24. The van der Waals surface area contributed by atoms with Crippen LogP contribution in [0.5, 0.6) is 0 Å². The Bertz CT molecular complexity index is 612.